The minimum Gasteiger partial charge on any atom is -0.480 e. The maximum absolute atomic E-state index is 12.6. The van der Waals surface area contributed by atoms with E-state index in [1.165, 1.54) is 29.6 Å². The summed E-state index contributed by atoms with van der Waals surface area (Å²) in [5.41, 5.74) is 5.20. The Hall–Kier alpha value is -1.52. The van der Waals surface area contributed by atoms with E-state index in [2.05, 4.69) is 0 Å². The molecule has 1 aliphatic heterocycles. The largest absolute Gasteiger partial charge is 0.480 e. The number of nitrogens with two attached hydrogens (primary N) is 1. The van der Waals surface area contributed by atoms with Crippen LogP contribution in [0.1, 0.15) is 17.4 Å². The monoisotopic (exact) mass is 333 g/mol. The maximum atomic E-state index is 12.6. The van der Waals surface area contributed by atoms with E-state index < -0.39 is 33.3 Å². The van der Waals surface area contributed by atoms with Gasteiger partial charge in [0.15, 0.2) is 0 Å². The predicted molar refractivity (Wildman–Crippen MR) is 76.3 cm³/mol. The second-order valence-corrected chi connectivity index (χ2v) is 7.85. The van der Waals surface area contributed by atoms with Crippen LogP contribution in [-0.4, -0.2) is 51.4 Å². The molecule has 1 aromatic heterocycles. The number of rotatable bonds is 4. The average molecular weight is 333 g/mol. The number of sulfonamides is 1. The molecule has 8 nitrogen and oxygen atoms in total. The molecule has 0 aliphatic carbocycles. The van der Waals surface area contributed by atoms with Crippen molar-refractivity contribution in [3.63, 3.8) is 0 Å². The summed E-state index contributed by atoms with van der Waals surface area (Å²) in [6.45, 7) is 1.63. The molecule has 2 heterocycles. The number of carbonyl (C=O) groups excluding carboxylic acids is 1. The number of hydrogen-bond acceptors (Lipinski definition) is 5. The highest BCUT2D eigenvalue weighted by atomic mass is 32.2. The van der Waals surface area contributed by atoms with Crippen molar-refractivity contribution in [1.29, 1.82) is 0 Å². The van der Waals surface area contributed by atoms with E-state index in [1.807, 2.05) is 0 Å². The number of aliphatic carboxylic acids is 1. The fourth-order valence-corrected chi connectivity index (χ4v) is 5.58. The third-order valence-electron chi connectivity index (χ3n) is 3.25. The van der Waals surface area contributed by atoms with Gasteiger partial charge < -0.3 is 15.4 Å². The number of primary amides is 1. The lowest BCUT2D eigenvalue weighted by Crippen LogP contribution is -2.44. The quantitative estimate of drug-likeness (QED) is 0.777. The molecule has 1 aliphatic rings. The molecule has 1 saturated heterocycles. The van der Waals surface area contributed by atoms with Crippen LogP contribution >= 0.6 is 11.8 Å². The Morgan fingerprint density at radius 2 is 2.10 bits per heavy atom. The Labute approximate surface area is 126 Å². The zero-order chi connectivity index (χ0) is 15.9. The molecule has 0 aromatic carbocycles. The van der Waals surface area contributed by atoms with Crippen LogP contribution in [-0.2, 0) is 21.9 Å². The van der Waals surface area contributed by atoms with Crippen LogP contribution in [0.15, 0.2) is 17.2 Å². The van der Waals surface area contributed by atoms with E-state index in [9.17, 15) is 18.0 Å². The van der Waals surface area contributed by atoms with Crippen LogP contribution in [0.3, 0.4) is 0 Å². The number of carboxylic acids is 1. The zero-order valence-corrected chi connectivity index (χ0v) is 13.0. The number of amides is 1. The summed E-state index contributed by atoms with van der Waals surface area (Å²) in [6.07, 6.45) is 1.25. The van der Waals surface area contributed by atoms with Crippen LogP contribution < -0.4 is 5.73 Å². The highest BCUT2D eigenvalue weighted by Gasteiger charge is 2.45. The van der Waals surface area contributed by atoms with Crippen molar-refractivity contribution in [2.45, 2.75) is 23.2 Å². The second-order valence-electron chi connectivity index (χ2n) is 4.66. The summed E-state index contributed by atoms with van der Waals surface area (Å²) >= 11 is 1.25. The number of thioether (sulfide) groups is 1. The molecule has 2 rings (SSSR count). The topological polar surface area (TPSA) is 123 Å². The van der Waals surface area contributed by atoms with E-state index in [0.29, 0.717) is 0 Å². The molecule has 116 valence electrons. The van der Waals surface area contributed by atoms with Gasteiger partial charge in [0, 0.05) is 19.0 Å². The highest BCUT2D eigenvalue weighted by Crippen LogP contribution is 2.34. The summed E-state index contributed by atoms with van der Waals surface area (Å²) in [5, 5.41) is 8.67. The van der Waals surface area contributed by atoms with Crippen molar-refractivity contribution in [2.24, 2.45) is 12.8 Å². The molecule has 0 radical (unpaired) electrons. The van der Waals surface area contributed by atoms with E-state index in [1.54, 1.807) is 6.92 Å². The molecular weight excluding hydrogens is 318 g/mol. The minimum atomic E-state index is -4.01. The first-order valence-electron chi connectivity index (χ1n) is 6.00. The van der Waals surface area contributed by atoms with Gasteiger partial charge in [0.25, 0.3) is 5.91 Å². The van der Waals surface area contributed by atoms with Crippen molar-refractivity contribution in [3.8, 4) is 0 Å². The van der Waals surface area contributed by atoms with Crippen molar-refractivity contribution in [2.75, 3.05) is 5.75 Å². The SMILES string of the molecule is CC1SCC(C(=O)O)N1S(=O)(=O)c1cc(C(N)=O)n(C)c1. The Morgan fingerprint density at radius 3 is 2.57 bits per heavy atom. The first-order chi connectivity index (χ1) is 9.66. The Morgan fingerprint density at radius 1 is 1.48 bits per heavy atom. The number of carboxylic acid groups (broad SMARTS) is 1. The first-order valence-corrected chi connectivity index (χ1v) is 8.49. The van der Waals surface area contributed by atoms with Gasteiger partial charge in [0.1, 0.15) is 16.6 Å². The lowest BCUT2D eigenvalue weighted by molar-refractivity contribution is -0.140. The van der Waals surface area contributed by atoms with E-state index >= 15 is 0 Å². The van der Waals surface area contributed by atoms with Crippen molar-refractivity contribution >= 4 is 33.7 Å². The van der Waals surface area contributed by atoms with Gasteiger partial charge >= 0.3 is 5.97 Å². The summed E-state index contributed by atoms with van der Waals surface area (Å²) in [6, 6.07) is 0.0407. The number of hydrogen-bond donors (Lipinski definition) is 2. The predicted octanol–water partition coefficient (Wildman–Crippen LogP) is -0.339. The van der Waals surface area contributed by atoms with Gasteiger partial charge in [-0.2, -0.15) is 4.31 Å². The van der Waals surface area contributed by atoms with Crippen LogP contribution in [0.4, 0.5) is 0 Å². The molecule has 1 fully saturated rings. The van der Waals surface area contributed by atoms with Gasteiger partial charge in [-0.15, -0.1) is 11.8 Å². The molecule has 0 spiro atoms. The second kappa shape index (κ2) is 5.35. The summed E-state index contributed by atoms with van der Waals surface area (Å²) in [7, 11) is -2.52. The number of carbonyl (C=O) groups is 2. The number of aryl methyl sites for hydroxylation is 1. The van der Waals surface area contributed by atoms with Crippen LogP contribution in [0, 0.1) is 0 Å². The van der Waals surface area contributed by atoms with E-state index in [0.717, 1.165) is 10.4 Å². The van der Waals surface area contributed by atoms with Crippen LogP contribution in [0.2, 0.25) is 0 Å². The van der Waals surface area contributed by atoms with Gasteiger partial charge in [-0.05, 0) is 13.0 Å². The molecule has 21 heavy (non-hydrogen) atoms. The van der Waals surface area contributed by atoms with Gasteiger partial charge in [0.05, 0.1) is 5.37 Å². The first kappa shape index (κ1) is 15.9. The average Bonchev–Trinajstić information content (AvgIpc) is 2.93. The van der Waals surface area contributed by atoms with E-state index in [4.69, 9.17) is 10.8 Å². The molecule has 1 amide bonds. The summed E-state index contributed by atoms with van der Waals surface area (Å²) in [4.78, 5) is 22.3. The number of nitrogens with zero attached hydrogens (tertiary/aromatic N) is 2. The molecule has 2 unspecified atom stereocenters. The third kappa shape index (κ3) is 2.65. The van der Waals surface area contributed by atoms with Gasteiger partial charge in [-0.25, -0.2) is 8.42 Å². The lowest BCUT2D eigenvalue weighted by atomic mass is 10.3. The van der Waals surface area contributed by atoms with Crippen LogP contribution in [0.5, 0.6) is 0 Å². The smallest absolute Gasteiger partial charge is 0.322 e. The molecule has 0 saturated carbocycles. The van der Waals surface area contributed by atoms with E-state index in [-0.39, 0.29) is 16.3 Å². The Kier molecular flexibility index (Phi) is 4.04. The molecule has 0 bridgehead atoms. The lowest BCUT2D eigenvalue weighted by Gasteiger charge is -2.23. The highest BCUT2D eigenvalue weighted by molar-refractivity contribution is 8.01. The maximum Gasteiger partial charge on any atom is 0.322 e. The fraction of sp³-hybridized carbons (Fsp3) is 0.455. The zero-order valence-electron chi connectivity index (χ0n) is 11.4. The van der Waals surface area contributed by atoms with Gasteiger partial charge in [-0.1, -0.05) is 0 Å². The molecule has 3 N–H and O–H groups in total. The Balaban J connectivity index is 2.48. The van der Waals surface area contributed by atoms with Gasteiger partial charge in [0.2, 0.25) is 10.0 Å². The fourth-order valence-electron chi connectivity index (χ4n) is 2.22. The Bertz CT molecular complexity index is 697. The third-order valence-corrected chi connectivity index (χ3v) is 6.55. The minimum absolute atomic E-state index is 0.0416. The molecule has 2 atom stereocenters. The number of aromatic nitrogens is 1. The normalized spacial score (nSPS) is 23.3. The molecule has 1 aromatic rings. The van der Waals surface area contributed by atoms with Crippen molar-refractivity contribution in [1.82, 2.24) is 8.87 Å². The van der Waals surface area contributed by atoms with Crippen molar-refractivity contribution < 1.29 is 23.1 Å². The van der Waals surface area contributed by atoms with Crippen molar-refractivity contribution in [3.05, 3.63) is 18.0 Å². The molecular formula is C11H15N3O5S2. The summed E-state index contributed by atoms with van der Waals surface area (Å²) < 4.78 is 27.5. The standard InChI is InChI=1S/C11H15N3O5S2/c1-6-14(9(5-20-6)11(16)17)21(18,19)7-3-8(10(12)15)13(2)4-7/h3-4,6,9H,5H2,1-2H3,(H2,12,15)(H,16,17). The molecule has 10 heteroatoms. The van der Waals surface area contributed by atoms with Gasteiger partial charge in [-0.3, -0.25) is 9.59 Å². The van der Waals surface area contributed by atoms with Crippen LogP contribution in [0.25, 0.3) is 0 Å². The summed E-state index contributed by atoms with van der Waals surface area (Å²) in [5.74, 6) is -1.76.